The molecule has 2 nitrogen and oxygen atoms in total. The molecular weight excluding hydrogens is 486 g/mol. The van der Waals surface area contributed by atoms with Crippen LogP contribution in [0.15, 0.2) is 156 Å². The number of hydrogen-bond acceptors (Lipinski definition) is 2. The van der Waals surface area contributed by atoms with Crippen LogP contribution in [0.2, 0.25) is 0 Å². The van der Waals surface area contributed by atoms with Crippen LogP contribution >= 0.6 is 0 Å². The lowest BCUT2D eigenvalue weighted by Gasteiger charge is -2.28. The largest absolute Gasteiger partial charge is 0.456 e. The Labute approximate surface area is 232 Å². The summed E-state index contributed by atoms with van der Waals surface area (Å²) in [5, 5.41) is 7.18. The fourth-order valence-electron chi connectivity index (χ4n) is 5.93. The van der Waals surface area contributed by atoms with Crippen LogP contribution in [0.25, 0.3) is 54.6 Å². The highest BCUT2D eigenvalue weighted by atomic mass is 16.3. The molecule has 2 heteroatoms. The first-order chi connectivity index (χ1) is 19.8. The normalized spacial score (nSPS) is 11.5. The molecule has 8 rings (SSSR count). The van der Waals surface area contributed by atoms with E-state index in [0.717, 1.165) is 39.0 Å². The second-order valence-electron chi connectivity index (χ2n) is 10.2. The number of furan rings is 1. The molecule has 1 aromatic heterocycles. The Morgan fingerprint density at radius 2 is 0.975 bits per heavy atom. The highest BCUT2D eigenvalue weighted by Gasteiger charge is 2.19. The molecule has 0 atom stereocenters. The number of hydrogen-bond donors (Lipinski definition) is 0. The minimum absolute atomic E-state index is 0.896. The van der Waals surface area contributed by atoms with Crippen molar-refractivity contribution in [2.24, 2.45) is 0 Å². The molecule has 1 heterocycles. The summed E-state index contributed by atoms with van der Waals surface area (Å²) in [6, 6.07) is 53.9. The molecule has 0 unspecified atom stereocenters. The molecule has 0 bridgehead atoms. The van der Waals surface area contributed by atoms with E-state index in [1.54, 1.807) is 0 Å². The molecule has 0 saturated heterocycles. The molecule has 7 aromatic carbocycles. The van der Waals surface area contributed by atoms with Gasteiger partial charge in [0.2, 0.25) is 0 Å². The van der Waals surface area contributed by atoms with Crippen molar-refractivity contribution in [2.75, 3.05) is 4.90 Å². The van der Waals surface area contributed by atoms with Gasteiger partial charge in [-0.25, -0.2) is 0 Å². The van der Waals surface area contributed by atoms with E-state index in [1.165, 1.54) is 32.7 Å². The molecule has 0 N–H and O–H groups in total. The number of para-hydroxylation sites is 1. The van der Waals surface area contributed by atoms with E-state index in [2.05, 4.69) is 144 Å². The molecule has 8 aromatic rings. The summed E-state index contributed by atoms with van der Waals surface area (Å²) in [5.74, 6) is 0. The Bertz CT molecular complexity index is 2160. The van der Waals surface area contributed by atoms with Gasteiger partial charge >= 0.3 is 0 Å². The standard InChI is InChI=1S/C38H25NO/c1-2-10-26(11-3-1)27-18-20-29(21-19-27)39(30-22-23-38-35(25-30)34-16-8-9-17-37(34)40-38)36-24-28-12-4-5-13-31(28)32-14-6-7-15-33(32)36/h1-25H. The lowest BCUT2D eigenvalue weighted by atomic mass is 9.98. The molecular formula is C38H25NO. The number of anilines is 3. The molecule has 0 aliphatic heterocycles. The zero-order chi connectivity index (χ0) is 26.5. The Morgan fingerprint density at radius 1 is 0.375 bits per heavy atom. The number of nitrogens with zero attached hydrogens (tertiary/aromatic N) is 1. The number of rotatable bonds is 4. The average Bonchev–Trinajstić information content (AvgIpc) is 3.40. The van der Waals surface area contributed by atoms with E-state index >= 15 is 0 Å². The third-order valence-corrected chi connectivity index (χ3v) is 7.84. The van der Waals surface area contributed by atoms with Gasteiger partial charge in [0.1, 0.15) is 11.2 Å². The molecule has 0 amide bonds. The van der Waals surface area contributed by atoms with Crippen molar-refractivity contribution in [1.82, 2.24) is 0 Å². The summed E-state index contributed by atoms with van der Waals surface area (Å²) in [6.07, 6.45) is 0. The van der Waals surface area contributed by atoms with Gasteiger partial charge in [0.25, 0.3) is 0 Å². The van der Waals surface area contributed by atoms with Crippen molar-refractivity contribution >= 4 is 60.5 Å². The molecule has 0 aliphatic rings. The van der Waals surface area contributed by atoms with Gasteiger partial charge in [0, 0.05) is 27.5 Å². The number of benzene rings is 7. The van der Waals surface area contributed by atoms with Crippen LogP contribution in [-0.2, 0) is 0 Å². The summed E-state index contributed by atoms with van der Waals surface area (Å²) in [6.45, 7) is 0. The maximum Gasteiger partial charge on any atom is 0.135 e. The summed E-state index contributed by atoms with van der Waals surface area (Å²) < 4.78 is 6.17. The first-order valence-electron chi connectivity index (χ1n) is 13.6. The van der Waals surface area contributed by atoms with Gasteiger partial charge in [0.05, 0.1) is 5.69 Å². The topological polar surface area (TPSA) is 16.4 Å². The minimum Gasteiger partial charge on any atom is -0.456 e. The second-order valence-corrected chi connectivity index (χ2v) is 10.2. The maximum absolute atomic E-state index is 6.17. The Hall–Kier alpha value is -5.34. The predicted molar refractivity (Wildman–Crippen MR) is 169 cm³/mol. The first kappa shape index (κ1) is 22.6. The van der Waals surface area contributed by atoms with E-state index in [9.17, 15) is 0 Å². The summed E-state index contributed by atoms with van der Waals surface area (Å²) in [4.78, 5) is 2.38. The average molecular weight is 512 g/mol. The Kier molecular flexibility index (Phi) is 5.17. The van der Waals surface area contributed by atoms with Gasteiger partial charge in [0.15, 0.2) is 0 Å². The highest BCUT2D eigenvalue weighted by molar-refractivity contribution is 6.15. The maximum atomic E-state index is 6.17. The zero-order valence-electron chi connectivity index (χ0n) is 21.8. The van der Waals surface area contributed by atoms with Crippen LogP contribution in [0.1, 0.15) is 0 Å². The van der Waals surface area contributed by atoms with Gasteiger partial charge in [-0.05, 0) is 69.8 Å². The van der Waals surface area contributed by atoms with Crippen LogP contribution in [0.4, 0.5) is 17.1 Å². The van der Waals surface area contributed by atoms with E-state index < -0.39 is 0 Å². The smallest absolute Gasteiger partial charge is 0.135 e. The van der Waals surface area contributed by atoms with Crippen molar-refractivity contribution < 1.29 is 4.42 Å². The van der Waals surface area contributed by atoms with Crippen LogP contribution in [0.3, 0.4) is 0 Å². The van der Waals surface area contributed by atoms with E-state index in [0.29, 0.717) is 0 Å². The van der Waals surface area contributed by atoms with Crippen LogP contribution in [-0.4, -0.2) is 0 Å². The quantitative estimate of drug-likeness (QED) is 0.218. The Balaban J connectivity index is 1.39. The summed E-state index contributed by atoms with van der Waals surface area (Å²) >= 11 is 0. The predicted octanol–water partition coefficient (Wildman–Crippen LogP) is 11.0. The van der Waals surface area contributed by atoms with Gasteiger partial charge in [-0.15, -0.1) is 0 Å². The summed E-state index contributed by atoms with van der Waals surface area (Å²) in [7, 11) is 0. The van der Waals surface area contributed by atoms with Crippen molar-refractivity contribution in [1.29, 1.82) is 0 Å². The monoisotopic (exact) mass is 511 g/mol. The third kappa shape index (κ3) is 3.65. The SMILES string of the molecule is c1ccc(-c2ccc(N(c3ccc4oc5ccccc5c4c3)c3cc4ccccc4c4ccccc34)cc2)cc1. The van der Waals surface area contributed by atoms with Gasteiger partial charge in [-0.2, -0.15) is 0 Å². The minimum atomic E-state index is 0.896. The molecule has 0 fully saturated rings. The van der Waals surface area contributed by atoms with Crippen LogP contribution in [0, 0.1) is 0 Å². The molecule has 0 aliphatic carbocycles. The fourth-order valence-corrected chi connectivity index (χ4v) is 5.93. The summed E-state index contributed by atoms with van der Waals surface area (Å²) in [5.41, 5.74) is 7.55. The van der Waals surface area contributed by atoms with E-state index in [4.69, 9.17) is 4.42 Å². The van der Waals surface area contributed by atoms with Gasteiger partial charge in [-0.3, -0.25) is 0 Å². The Morgan fingerprint density at radius 3 is 1.80 bits per heavy atom. The van der Waals surface area contributed by atoms with Crippen LogP contribution < -0.4 is 4.90 Å². The van der Waals surface area contributed by atoms with E-state index in [-0.39, 0.29) is 0 Å². The fraction of sp³-hybridized carbons (Fsp3) is 0. The molecule has 40 heavy (non-hydrogen) atoms. The van der Waals surface area contributed by atoms with Crippen LogP contribution in [0.5, 0.6) is 0 Å². The van der Waals surface area contributed by atoms with E-state index in [1.807, 2.05) is 12.1 Å². The first-order valence-corrected chi connectivity index (χ1v) is 13.6. The molecule has 188 valence electrons. The lowest BCUT2D eigenvalue weighted by molar-refractivity contribution is 0.669. The molecule has 0 radical (unpaired) electrons. The third-order valence-electron chi connectivity index (χ3n) is 7.84. The molecule has 0 saturated carbocycles. The van der Waals surface area contributed by atoms with Gasteiger partial charge < -0.3 is 9.32 Å². The lowest BCUT2D eigenvalue weighted by Crippen LogP contribution is -2.10. The number of fused-ring (bicyclic) bond motifs is 6. The molecule has 0 spiro atoms. The highest BCUT2D eigenvalue weighted by Crippen LogP contribution is 2.43. The van der Waals surface area contributed by atoms with Crippen molar-refractivity contribution in [3.05, 3.63) is 152 Å². The van der Waals surface area contributed by atoms with Crippen molar-refractivity contribution in [3.8, 4) is 11.1 Å². The van der Waals surface area contributed by atoms with Gasteiger partial charge in [-0.1, -0.05) is 109 Å². The van der Waals surface area contributed by atoms with Crippen molar-refractivity contribution in [3.63, 3.8) is 0 Å². The van der Waals surface area contributed by atoms with Crippen molar-refractivity contribution in [2.45, 2.75) is 0 Å². The second kappa shape index (κ2) is 9.14. The zero-order valence-corrected chi connectivity index (χ0v) is 21.8.